The molecule has 5 nitrogen and oxygen atoms in total. The number of hydrogen-bond donors (Lipinski definition) is 2. The van der Waals surface area contributed by atoms with Gasteiger partial charge in [0.05, 0.1) is 18.4 Å². The molecule has 0 aromatic carbocycles. The lowest BCUT2D eigenvalue weighted by molar-refractivity contribution is 0.551. The van der Waals surface area contributed by atoms with E-state index in [2.05, 4.69) is 27.3 Å². The minimum atomic E-state index is 0.582. The molecule has 0 aliphatic heterocycles. The lowest BCUT2D eigenvalue weighted by Gasteiger charge is -2.04. The van der Waals surface area contributed by atoms with Crippen LogP contribution >= 0.6 is 11.6 Å². The quantitative estimate of drug-likeness (QED) is 0.736. The third-order valence-electron chi connectivity index (χ3n) is 3.13. The third-order valence-corrected chi connectivity index (χ3v) is 3.44. The molecule has 0 saturated carbocycles. The Balaban J connectivity index is 1.74. The maximum atomic E-state index is 6.12. The number of aryl methyl sites for hydroxylation is 2. The van der Waals surface area contributed by atoms with E-state index in [-0.39, 0.29) is 0 Å². The number of nitrogens with one attached hydrogen (secondary N) is 2. The zero-order valence-electron chi connectivity index (χ0n) is 12.1. The van der Waals surface area contributed by atoms with Crippen LogP contribution in [0.5, 0.6) is 0 Å². The Morgan fingerprint density at radius 3 is 3.00 bits per heavy atom. The van der Waals surface area contributed by atoms with Crippen molar-refractivity contribution in [1.82, 2.24) is 25.1 Å². The molecule has 2 aromatic rings. The first-order valence-electron chi connectivity index (χ1n) is 7.12. The number of aromatic nitrogens is 4. The van der Waals surface area contributed by atoms with Gasteiger partial charge in [-0.25, -0.2) is 4.98 Å². The largest absolute Gasteiger partial charge is 0.344 e. The Kier molecular flexibility index (Phi) is 5.61. The smallest absolute Gasteiger partial charge is 0.151 e. The third kappa shape index (κ3) is 4.35. The minimum Gasteiger partial charge on any atom is -0.344 e. The highest BCUT2D eigenvalue weighted by Gasteiger charge is 2.07. The predicted molar refractivity (Wildman–Crippen MR) is 80.9 cm³/mol. The summed E-state index contributed by atoms with van der Waals surface area (Å²) in [6.45, 7) is 6.62. The minimum absolute atomic E-state index is 0.582. The Hall–Kier alpha value is -1.33. The predicted octanol–water partition coefficient (Wildman–Crippen LogP) is 2.70. The van der Waals surface area contributed by atoms with Gasteiger partial charge in [0, 0.05) is 25.7 Å². The van der Waals surface area contributed by atoms with Crippen LogP contribution in [0, 0.1) is 6.92 Å². The summed E-state index contributed by atoms with van der Waals surface area (Å²) in [5, 5.41) is 8.18. The number of hydrogen-bond acceptors (Lipinski definition) is 3. The summed E-state index contributed by atoms with van der Waals surface area (Å²) in [6.07, 6.45) is 7.16. The molecule has 2 aromatic heterocycles. The summed E-state index contributed by atoms with van der Waals surface area (Å²) in [4.78, 5) is 7.63. The fourth-order valence-electron chi connectivity index (χ4n) is 2.02. The van der Waals surface area contributed by atoms with Gasteiger partial charge in [0.25, 0.3) is 0 Å². The second kappa shape index (κ2) is 7.45. The number of halogens is 1. The molecular formula is C14H22ClN5. The Labute approximate surface area is 124 Å². The van der Waals surface area contributed by atoms with Gasteiger partial charge < -0.3 is 10.3 Å². The number of unbranched alkanes of at least 4 members (excludes halogenated alkanes) is 1. The summed E-state index contributed by atoms with van der Waals surface area (Å²) >= 11 is 6.12. The highest BCUT2D eigenvalue weighted by Crippen LogP contribution is 2.13. The fraction of sp³-hybridized carbons (Fsp3) is 0.571. The van der Waals surface area contributed by atoms with Gasteiger partial charge in [0.1, 0.15) is 5.82 Å². The van der Waals surface area contributed by atoms with E-state index in [9.17, 15) is 0 Å². The molecule has 2 rings (SSSR count). The molecule has 0 radical (unpaired) electrons. The zero-order valence-corrected chi connectivity index (χ0v) is 12.9. The monoisotopic (exact) mass is 295 g/mol. The van der Waals surface area contributed by atoms with Gasteiger partial charge in [0.15, 0.2) is 5.15 Å². The maximum absolute atomic E-state index is 6.12. The number of nitrogens with zero attached hydrogens (tertiary/aromatic N) is 3. The standard InChI is InChI=1S/C14H22ClN5/c1-3-4-5-13-18-12(14(15)19-13)9-16-6-7-20-10-11(2)8-17-20/h8,10,16H,3-7,9H2,1-2H3,(H,18,19). The van der Waals surface area contributed by atoms with Gasteiger partial charge in [-0.05, 0) is 18.9 Å². The molecule has 0 aliphatic rings. The van der Waals surface area contributed by atoms with Crippen LogP contribution in [0.15, 0.2) is 12.4 Å². The Morgan fingerprint density at radius 1 is 1.45 bits per heavy atom. The van der Waals surface area contributed by atoms with Gasteiger partial charge >= 0.3 is 0 Å². The average molecular weight is 296 g/mol. The average Bonchev–Trinajstić information content (AvgIpc) is 2.99. The second-order valence-corrected chi connectivity index (χ2v) is 5.37. The van der Waals surface area contributed by atoms with Crippen molar-refractivity contribution in [1.29, 1.82) is 0 Å². The van der Waals surface area contributed by atoms with E-state index in [1.165, 1.54) is 5.56 Å². The number of H-pyrrole nitrogens is 1. The topological polar surface area (TPSA) is 58.5 Å². The van der Waals surface area contributed by atoms with E-state index >= 15 is 0 Å². The molecule has 110 valence electrons. The number of aromatic amines is 1. The van der Waals surface area contributed by atoms with Gasteiger partial charge in [-0.1, -0.05) is 24.9 Å². The van der Waals surface area contributed by atoms with Crippen molar-refractivity contribution in [3.05, 3.63) is 34.6 Å². The second-order valence-electron chi connectivity index (χ2n) is 5.01. The van der Waals surface area contributed by atoms with Gasteiger partial charge in [0.2, 0.25) is 0 Å². The Morgan fingerprint density at radius 2 is 2.30 bits per heavy atom. The summed E-state index contributed by atoms with van der Waals surface area (Å²) in [5.74, 6) is 0.983. The molecule has 0 amide bonds. The van der Waals surface area contributed by atoms with Crippen molar-refractivity contribution >= 4 is 11.6 Å². The number of rotatable bonds is 8. The van der Waals surface area contributed by atoms with Gasteiger partial charge in [-0.2, -0.15) is 5.10 Å². The molecule has 2 heterocycles. The molecule has 0 spiro atoms. The SMILES string of the molecule is CCCCc1nc(Cl)c(CNCCn2cc(C)cn2)[nH]1. The van der Waals surface area contributed by atoms with Crippen LogP contribution in [0.3, 0.4) is 0 Å². The molecule has 0 atom stereocenters. The summed E-state index contributed by atoms with van der Waals surface area (Å²) in [5.41, 5.74) is 2.15. The molecule has 6 heteroatoms. The molecule has 0 aliphatic carbocycles. The van der Waals surface area contributed by atoms with Gasteiger partial charge in [-0.15, -0.1) is 0 Å². The summed E-state index contributed by atoms with van der Waals surface area (Å²) in [7, 11) is 0. The first-order chi connectivity index (χ1) is 9.69. The van der Waals surface area contributed by atoms with E-state index < -0.39 is 0 Å². The normalized spacial score (nSPS) is 11.2. The molecule has 2 N–H and O–H groups in total. The van der Waals surface area contributed by atoms with Crippen LogP contribution in [0.1, 0.15) is 36.8 Å². The van der Waals surface area contributed by atoms with Crippen molar-refractivity contribution in [2.45, 2.75) is 46.2 Å². The van der Waals surface area contributed by atoms with E-state index in [1.807, 2.05) is 24.0 Å². The van der Waals surface area contributed by atoms with Crippen molar-refractivity contribution in [2.75, 3.05) is 6.54 Å². The van der Waals surface area contributed by atoms with E-state index in [0.717, 1.165) is 43.9 Å². The molecular weight excluding hydrogens is 274 g/mol. The van der Waals surface area contributed by atoms with Crippen molar-refractivity contribution in [3.8, 4) is 0 Å². The molecule has 0 saturated heterocycles. The highest BCUT2D eigenvalue weighted by molar-refractivity contribution is 6.30. The molecule has 0 bridgehead atoms. The lowest BCUT2D eigenvalue weighted by Crippen LogP contribution is -2.20. The van der Waals surface area contributed by atoms with Crippen LogP contribution in [0.2, 0.25) is 5.15 Å². The first kappa shape index (κ1) is 15.1. The van der Waals surface area contributed by atoms with Crippen LogP contribution < -0.4 is 5.32 Å². The Bertz CT molecular complexity index is 531. The van der Waals surface area contributed by atoms with E-state index in [0.29, 0.717) is 11.7 Å². The van der Waals surface area contributed by atoms with Crippen molar-refractivity contribution < 1.29 is 0 Å². The van der Waals surface area contributed by atoms with E-state index in [1.54, 1.807) is 0 Å². The summed E-state index contributed by atoms with van der Waals surface area (Å²) < 4.78 is 1.93. The van der Waals surface area contributed by atoms with Crippen molar-refractivity contribution in [3.63, 3.8) is 0 Å². The fourth-order valence-corrected chi connectivity index (χ4v) is 2.23. The molecule has 0 fully saturated rings. The highest BCUT2D eigenvalue weighted by atomic mass is 35.5. The van der Waals surface area contributed by atoms with Crippen LogP contribution in [-0.4, -0.2) is 26.3 Å². The van der Waals surface area contributed by atoms with Crippen molar-refractivity contribution in [2.24, 2.45) is 0 Å². The molecule has 0 unspecified atom stereocenters. The van der Waals surface area contributed by atoms with Crippen LogP contribution in [-0.2, 0) is 19.5 Å². The number of imidazole rings is 1. The van der Waals surface area contributed by atoms with Gasteiger partial charge in [-0.3, -0.25) is 4.68 Å². The summed E-state index contributed by atoms with van der Waals surface area (Å²) in [6, 6.07) is 0. The lowest BCUT2D eigenvalue weighted by atomic mass is 10.2. The van der Waals surface area contributed by atoms with Crippen LogP contribution in [0.4, 0.5) is 0 Å². The molecule has 20 heavy (non-hydrogen) atoms. The van der Waals surface area contributed by atoms with Crippen LogP contribution in [0.25, 0.3) is 0 Å². The van der Waals surface area contributed by atoms with E-state index in [4.69, 9.17) is 11.6 Å². The first-order valence-corrected chi connectivity index (χ1v) is 7.50. The zero-order chi connectivity index (χ0) is 14.4. The maximum Gasteiger partial charge on any atom is 0.151 e.